The largest absolute Gasteiger partial charge is 0.461 e. The topological polar surface area (TPSA) is 339 Å². The number of nitrogens with zero attached hydrogens (tertiary/aromatic N) is 2. The Balaban J connectivity index is 0.000000773. The normalized spacial score (nSPS) is 11.1. The van der Waals surface area contributed by atoms with Crippen LogP contribution in [0, 0.1) is 0 Å². The van der Waals surface area contributed by atoms with E-state index >= 15 is 0 Å². The van der Waals surface area contributed by atoms with Gasteiger partial charge in [-0.1, -0.05) is 117 Å². The molecule has 26 heteroatoms. The van der Waals surface area contributed by atoms with Crippen molar-refractivity contribution in [3.05, 3.63) is 108 Å². The average molecular weight is 1270 g/mol. The SMILES string of the molecule is CC(=O)OCC(=O)OCC(=O)OC(C)C(=O)NCCCN(CCCCN(CCCCC(=O)OCc1ccccc1)C(=O)OCc1ccccc1)C(=O)OCc1ccccc1.CC(=O)OCC(=O)OCC(=O)OC(C)C(=O)NCCCNCCCCCCCCN. The molecule has 2 atom stereocenters. The molecule has 3 aromatic carbocycles. The number of ether oxygens (including phenoxy) is 9. The van der Waals surface area contributed by atoms with Crippen LogP contribution in [0.5, 0.6) is 0 Å². The lowest BCUT2D eigenvalue weighted by atomic mass is 10.1. The summed E-state index contributed by atoms with van der Waals surface area (Å²) in [7, 11) is 0. The van der Waals surface area contributed by atoms with Gasteiger partial charge >= 0.3 is 54.0 Å². The van der Waals surface area contributed by atoms with Crippen LogP contribution in [0.1, 0.15) is 128 Å². The maximum Gasteiger partial charge on any atom is 0.410 e. The Morgan fingerprint density at radius 3 is 1.19 bits per heavy atom. The highest BCUT2D eigenvalue weighted by molar-refractivity contribution is 5.85. The summed E-state index contributed by atoms with van der Waals surface area (Å²) in [4.78, 5) is 134. The van der Waals surface area contributed by atoms with Crippen molar-refractivity contribution < 1.29 is 95.4 Å². The molecule has 3 aromatic rings. The van der Waals surface area contributed by atoms with Gasteiger partial charge in [0.05, 0.1) is 0 Å². The third-order valence-corrected chi connectivity index (χ3v) is 12.7. The van der Waals surface area contributed by atoms with E-state index in [1.165, 1.54) is 44.4 Å². The molecule has 498 valence electrons. The smallest absolute Gasteiger partial charge is 0.410 e. The van der Waals surface area contributed by atoms with E-state index in [0.29, 0.717) is 58.3 Å². The number of carbonyl (C=O) groups excluding carboxylic acids is 11. The van der Waals surface area contributed by atoms with Crippen molar-refractivity contribution in [2.24, 2.45) is 5.73 Å². The minimum Gasteiger partial charge on any atom is -0.461 e. The Morgan fingerprint density at radius 2 is 0.756 bits per heavy atom. The van der Waals surface area contributed by atoms with Gasteiger partial charge in [-0.2, -0.15) is 0 Å². The second-order valence-electron chi connectivity index (χ2n) is 20.5. The predicted octanol–water partition coefficient (Wildman–Crippen LogP) is 5.92. The summed E-state index contributed by atoms with van der Waals surface area (Å²) in [6.45, 7) is 7.09. The number of esters is 7. The monoisotopic (exact) mass is 1260 g/mol. The van der Waals surface area contributed by atoms with Gasteiger partial charge in [-0.25, -0.2) is 28.8 Å². The number of carbonyl (C=O) groups is 11. The zero-order valence-corrected chi connectivity index (χ0v) is 52.5. The lowest BCUT2D eigenvalue weighted by Crippen LogP contribution is -2.39. The first-order valence-corrected chi connectivity index (χ1v) is 30.4. The van der Waals surface area contributed by atoms with E-state index in [1.807, 2.05) is 91.0 Å². The molecule has 0 aliphatic heterocycles. The van der Waals surface area contributed by atoms with Crippen LogP contribution in [0.3, 0.4) is 0 Å². The van der Waals surface area contributed by atoms with Crippen LogP contribution in [0.25, 0.3) is 0 Å². The summed E-state index contributed by atoms with van der Waals surface area (Å²) in [6.07, 6.45) is 7.30. The summed E-state index contributed by atoms with van der Waals surface area (Å²) in [5, 5.41) is 8.67. The van der Waals surface area contributed by atoms with E-state index in [0.717, 1.165) is 69.4 Å². The molecule has 0 heterocycles. The van der Waals surface area contributed by atoms with Crippen molar-refractivity contribution in [3.8, 4) is 0 Å². The van der Waals surface area contributed by atoms with E-state index in [4.69, 9.17) is 29.4 Å². The molecule has 5 N–H and O–H groups in total. The highest BCUT2D eigenvalue weighted by Gasteiger charge is 2.22. The molecule has 0 aliphatic rings. The minimum absolute atomic E-state index is 0.0652. The van der Waals surface area contributed by atoms with Crippen LogP contribution in [0.2, 0.25) is 0 Å². The Labute approximate surface area is 527 Å². The molecule has 2 unspecified atom stereocenters. The van der Waals surface area contributed by atoms with Gasteiger partial charge in [-0.05, 0) is 102 Å². The fourth-order valence-electron chi connectivity index (χ4n) is 7.87. The van der Waals surface area contributed by atoms with Crippen LogP contribution in [0.4, 0.5) is 9.59 Å². The lowest BCUT2D eigenvalue weighted by Gasteiger charge is -2.25. The highest BCUT2D eigenvalue weighted by Crippen LogP contribution is 2.12. The maximum absolute atomic E-state index is 13.2. The first kappa shape index (κ1) is 77.4. The van der Waals surface area contributed by atoms with E-state index in [9.17, 15) is 52.7 Å². The number of hydrogen-bond donors (Lipinski definition) is 4. The minimum atomic E-state index is -1.20. The summed E-state index contributed by atoms with van der Waals surface area (Å²) >= 11 is 0. The molecule has 3 rings (SSSR count). The number of amides is 4. The predicted molar refractivity (Wildman–Crippen MR) is 327 cm³/mol. The molecule has 0 fully saturated rings. The first-order chi connectivity index (χ1) is 43.4. The van der Waals surface area contributed by atoms with Crippen molar-refractivity contribution in [1.29, 1.82) is 0 Å². The molecule has 90 heavy (non-hydrogen) atoms. The Hall–Kier alpha value is -8.65. The maximum atomic E-state index is 13.2. The van der Waals surface area contributed by atoms with Gasteiger partial charge in [0, 0.05) is 59.5 Å². The van der Waals surface area contributed by atoms with Crippen LogP contribution in [-0.4, -0.2) is 173 Å². The molecular weight excluding hydrogens is 1170 g/mol. The van der Waals surface area contributed by atoms with Gasteiger partial charge in [-0.3, -0.25) is 24.0 Å². The Bertz CT molecular complexity index is 2580. The number of hydrogen-bond acceptors (Lipinski definition) is 22. The average Bonchev–Trinajstić information content (AvgIpc) is 3.75. The number of unbranched alkanes of at least 4 members (excludes halogenated alkanes) is 7. The van der Waals surface area contributed by atoms with Crippen molar-refractivity contribution in [3.63, 3.8) is 0 Å². The first-order valence-electron chi connectivity index (χ1n) is 30.4. The van der Waals surface area contributed by atoms with Gasteiger partial charge in [0.15, 0.2) is 38.6 Å². The Kier molecular flexibility index (Phi) is 42.4. The van der Waals surface area contributed by atoms with Crippen molar-refractivity contribution in [2.45, 2.75) is 143 Å². The summed E-state index contributed by atoms with van der Waals surface area (Å²) in [5.74, 6) is -6.32. The van der Waals surface area contributed by atoms with Crippen LogP contribution >= 0.6 is 0 Å². The van der Waals surface area contributed by atoms with Gasteiger partial charge in [0.2, 0.25) is 0 Å². The molecule has 0 radical (unpaired) electrons. The fraction of sp³-hybridized carbons (Fsp3) is 0.547. The number of nitrogens with one attached hydrogen (secondary N) is 3. The van der Waals surface area contributed by atoms with Gasteiger partial charge in [-0.15, -0.1) is 0 Å². The quantitative estimate of drug-likeness (QED) is 0.0290. The zero-order valence-electron chi connectivity index (χ0n) is 52.5. The lowest BCUT2D eigenvalue weighted by molar-refractivity contribution is -0.167. The van der Waals surface area contributed by atoms with Crippen LogP contribution in [-0.2, 0) is 106 Å². The van der Waals surface area contributed by atoms with Crippen LogP contribution in [0.15, 0.2) is 91.0 Å². The van der Waals surface area contributed by atoms with E-state index in [2.05, 4.69) is 34.9 Å². The van der Waals surface area contributed by atoms with Crippen molar-refractivity contribution in [2.75, 3.05) is 85.3 Å². The molecule has 26 nitrogen and oxygen atoms in total. The molecular formula is C64H92N6O20. The third-order valence-electron chi connectivity index (χ3n) is 12.7. The van der Waals surface area contributed by atoms with Gasteiger partial charge < -0.3 is 74.1 Å². The Morgan fingerprint density at radius 1 is 0.389 bits per heavy atom. The molecule has 4 amide bonds. The van der Waals surface area contributed by atoms with E-state index in [-0.39, 0.29) is 45.3 Å². The van der Waals surface area contributed by atoms with E-state index < -0.39 is 98.5 Å². The summed E-state index contributed by atoms with van der Waals surface area (Å²) < 4.78 is 44.6. The number of benzene rings is 3. The summed E-state index contributed by atoms with van der Waals surface area (Å²) in [6, 6.07) is 28.0. The summed E-state index contributed by atoms with van der Waals surface area (Å²) in [5.41, 5.74) is 8.02. The van der Waals surface area contributed by atoms with E-state index in [1.54, 1.807) is 4.90 Å². The van der Waals surface area contributed by atoms with Crippen molar-refractivity contribution in [1.82, 2.24) is 25.8 Å². The van der Waals surface area contributed by atoms with Gasteiger partial charge in [0.1, 0.15) is 19.8 Å². The highest BCUT2D eigenvalue weighted by atomic mass is 16.6. The second-order valence-corrected chi connectivity index (χ2v) is 20.5. The molecule has 0 aliphatic carbocycles. The van der Waals surface area contributed by atoms with Crippen molar-refractivity contribution >= 4 is 65.8 Å². The fourth-order valence-corrected chi connectivity index (χ4v) is 7.87. The number of nitrogens with two attached hydrogens (primary N) is 1. The van der Waals surface area contributed by atoms with Crippen LogP contribution < -0.4 is 21.7 Å². The number of rotatable bonds is 44. The standard InChI is InChI=1S/C44H55N3O13.C20H37N3O7/c1-34(60-41(51)33-57-40(50)32-55-35(2)48)42(52)45-24-16-28-47(44(54)59-31-38-21-10-5-11-22-38)27-15-14-26-46(43(53)58-30-37-19-8-4-9-20-37)25-13-12-23-39(49)56-29-36-17-6-3-7-18-36;1-16(30-19(26)15-29-18(25)14-28-17(2)24)20(27)23-13-9-12-22-11-8-6-4-3-5-7-10-21/h3-11,17-22,34H,12-16,23-33H2,1-2H3,(H,45,52);16,22H,3-15,21H2,1-2H3,(H,23,27). The van der Waals surface area contributed by atoms with Gasteiger partial charge in [0.25, 0.3) is 11.8 Å². The second kappa shape index (κ2) is 49.3. The molecule has 0 bridgehead atoms. The molecule has 0 saturated heterocycles. The molecule has 0 saturated carbocycles. The molecule has 0 spiro atoms. The third kappa shape index (κ3) is 40.7. The zero-order chi connectivity index (χ0) is 66.0. The molecule has 0 aromatic heterocycles.